The highest BCUT2D eigenvalue weighted by molar-refractivity contribution is 5.09. The van der Waals surface area contributed by atoms with Gasteiger partial charge >= 0.3 is 0 Å². The van der Waals surface area contributed by atoms with E-state index in [-0.39, 0.29) is 5.60 Å². The van der Waals surface area contributed by atoms with Crippen LogP contribution < -0.4 is 0 Å². The number of hydrogen-bond donors (Lipinski definition) is 0. The molecule has 104 valence electrons. The first-order valence-corrected chi connectivity index (χ1v) is 7.03. The van der Waals surface area contributed by atoms with Gasteiger partial charge in [-0.1, -0.05) is 0 Å². The van der Waals surface area contributed by atoms with Gasteiger partial charge in [-0.05, 0) is 25.8 Å². The molecule has 5 nitrogen and oxygen atoms in total. The van der Waals surface area contributed by atoms with Gasteiger partial charge in [0, 0.05) is 32.4 Å². The topological polar surface area (TPSA) is 47.5 Å². The lowest BCUT2D eigenvalue weighted by atomic mass is 10.0. The van der Waals surface area contributed by atoms with Crippen molar-refractivity contribution in [2.45, 2.75) is 31.9 Å². The van der Waals surface area contributed by atoms with Gasteiger partial charge < -0.3 is 9.47 Å². The first-order valence-electron chi connectivity index (χ1n) is 7.03. The van der Waals surface area contributed by atoms with E-state index in [0.717, 1.165) is 63.8 Å². The highest BCUT2D eigenvalue weighted by Gasteiger charge is 2.34. The van der Waals surface area contributed by atoms with Gasteiger partial charge in [0.2, 0.25) is 0 Å². The summed E-state index contributed by atoms with van der Waals surface area (Å²) in [5.41, 5.74) is 0.782. The predicted molar refractivity (Wildman–Crippen MR) is 70.7 cm³/mol. The molecule has 0 bridgehead atoms. The van der Waals surface area contributed by atoms with Crippen molar-refractivity contribution in [3.63, 3.8) is 0 Å². The molecule has 0 N–H and O–H groups in total. The molecule has 0 aromatic carbocycles. The van der Waals surface area contributed by atoms with Gasteiger partial charge in [-0.3, -0.25) is 4.90 Å². The third-order valence-electron chi connectivity index (χ3n) is 3.89. The van der Waals surface area contributed by atoms with Gasteiger partial charge in [-0.2, -0.15) is 0 Å². The van der Waals surface area contributed by atoms with Crippen LogP contribution in [0.2, 0.25) is 0 Å². The molecule has 1 aromatic heterocycles. The molecule has 5 heteroatoms. The Morgan fingerprint density at radius 2 is 2.16 bits per heavy atom. The van der Waals surface area contributed by atoms with Gasteiger partial charge in [0.15, 0.2) is 5.82 Å². The molecule has 2 saturated heterocycles. The number of hydrogen-bond acceptors (Lipinski definition) is 5. The molecule has 0 radical (unpaired) electrons. The molecule has 2 fully saturated rings. The molecule has 1 atom stereocenters. The quantitative estimate of drug-likeness (QED) is 0.823. The van der Waals surface area contributed by atoms with Crippen molar-refractivity contribution in [3.8, 4) is 0 Å². The van der Waals surface area contributed by atoms with Crippen molar-refractivity contribution < 1.29 is 9.47 Å². The Morgan fingerprint density at radius 3 is 2.89 bits per heavy atom. The second kappa shape index (κ2) is 5.53. The molecule has 0 spiro atoms. The summed E-state index contributed by atoms with van der Waals surface area (Å²) in [6, 6.07) is 2.00. The standard InChI is InChI=1S/C14H21N3O2/c1-14(4-2-8-19-14)13-15-5-3-12(16-13)11-17-6-9-18-10-7-17/h3,5H,2,4,6-11H2,1H3/t14-/m1/s1. The lowest BCUT2D eigenvalue weighted by Gasteiger charge is -2.27. The summed E-state index contributed by atoms with van der Waals surface area (Å²) in [6.07, 6.45) is 3.95. The lowest BCUT2D eigenvalue weighted by molar-refractivity contribution is 0.00852. The van der Waals surface area contributed by atoms with Crippen LogP contribution in [0.25, 0.3) is 0 Å². The molecule has 19 heavy (non-hydrogen) atoms. The van der Waals surface area contributed by atoms with E-state index in [1.54, 1.807) is 0 Å². The first-order chi connectivity index (χ1) is 9.26. The average Bonchev–Trinajstić information content (AvgIpc) is 2.89. The van der Waals surface area contributed by atoms with Crippen molar-refractivity contribution in [2.75, 3.05) is 32.9 Å². The summed E-state index contributed by atoms with van der Waals surface area (Å²) in [4.78, 5) is 11.5. The molecule has 3 heterocycles. The zero-order valence-corrected chi connectivity index (χ0v) is 11.5. The van der Waals surface area contributed by atoms with E-state index in [1.807, 2.05) is 12.3 Å². The number of nitrogens with zero attached hydrogens (tertiary/aromatic N) is 3. The van der Waals surface area contributed by atoms with Crippen molar-refractivity contribution in [1.82, 2.24) is 14.9 Å². The van der Waals surface area contributed by atoms with Crippen LogP contribution in [-0.4, -0.2) is 47.8 Å². The molecular weight excluding hydrogens is 242 g/mol. The molecule has 0 amide bonds. The van der Waals surface area contributed by atoms with E-state index in [0.29, 0.717) is 0 Å². The molecule has 0 saturated carbocycles. The van der Waals surface area contributed by atoms with Gasteiger partial charge in [0.1, 0.15) is 5.60 Å². The summed E-state index contributed by atoms with van der Waals surface area (Å²) >= 11 is 0. The molecule has 2 aliphatic heterocycles. The first kappa shape index (κ1) is 13.0. The van der Waals surface area contributed by atoms with Crippen molar-refractivity contribution >= 4 is 0 Å². The lowest BCUT2D eigenvalue weighted by Crippen LogP contribution is -2.36. The van der Waals surface area contributed by atoms with Crippen LogP contribution in [0, 0.1) is 0 Å². The van der Waals surface area contributed by atoms with Gasteiger partial charge in [0.05, 0.1) is 18.9 Å². The second-order valence-electron chi connectivity index (χ2n) is 5.44. The Labute approximate surface area is 113 Å². The molecule has 3 rings (SSSR count). The van der Waals surface area contributed by atoms with Crippen LogP contribution in [0.5, 0.6) is 0 Å². The fourth-order valence-corrected chi connectivity index (χ4v) is 2.68. The zero-order valence-electron chi connectivity index (χ0n) is 11.5. The fraction of sp³-hybridized carbons (Fsp3) is 0.714. The van der Waals surface area contributed by atoms with Crippen LogP contribution in [0.1, 0.15) is 31.3 Å². The van der Waals surface area contributed by atoms with E-state index < -0.39 is 0 Å². The Bertz CT molecular complexity index is 426. The minimum Gasteiger partial charge on any atom is -0.379 e. The van der Waals surface area contributed by atoms with Crippen molar-refractivity contribution in [2.24, 2.45) is 0 Å². The maximum atomic E-state index is 5.81. The molecule has 2 aliphatic rings. The smallest absolute Gasteiger partial charge is 0.160 e. The number of rotatable bonds is 3. The van der Waals surface area contributed by atoms with Gasteiger partial charge in [-0.25, -0.2) is 9.97 Å². The summed E-state index contributed by atoms with van der Waals surface area (Å²) in [5.74, 6) is 0.829. The van der Waals surface area contributed by atoms with E-state index in [2.05, 4.69) is 16.8 Å². The molecule has 0 unspecified atom stereocenters. The second-order valence-corrected chi connectivity index (χ2v) is 5.44. The monoisotopic (exact) mass is 263 g/mol. The molecule has 0 aliphatic carbocycles. The third kappa shape index (κ3) is 2.94. The van der Waals surface area contributed by atoms with Crippen LogP contribution in [-0.2, 0) is 21.6 Å². The minimum atomic E-state index is -0.291. The van der Waals surface area contributed by atoms with Crippen molar-refractivity contribution in [1.29, 1.82) is 0 Å². The summed E-state index contributed by atoms with van der Waals surface area (Å²) < 4.78 is 11.2. The van der Waals surface area contributed by atoms with Crippen molar-refractivity contribution in [3.05, 3.63) is 23.8 Å². The number of ether oxygens (including phenoxy) is 2. The zero-order chi connectivity index (χ0) is 13.1. The SMILES string of the molecule is C[C@]1(c2nccc(CN3CCOCC3)n2)CCCO1. The fourth-order valence-electron chi connectivity index (χ4n) is 2.68. The third-order valence-corrected chi connectivity index (χ3v) is 3.89. The van der Waals surface area contributed by atoms with Crippen LogP contribution in [0.3, 0.4) is 0 Å². The maximum Gasteiger partial charge on any atom is 0.160 e. The molecular formula is C14H21N3O2. The Balaban J connectivity index is 1.72. The Morgan fingerprint density at radius 1 is 1.32 bits per heavy atom. The summed E-state index contributed by atoms with van der Waals surface area (Å²) in [5, 5.41) is 0. The number of morpholine rings is 1. The Hall–Kier alpha value is -1.04. The van der Waals surface area contributed by atoms with E-state index in [1.165, 1.54) is 0 Å². The largest absolute Gasteiger partial charge is 0.379 e. The maximum absolute atomic E-state index is 5.81. The van der Waals surface area contributed by atoms with E-state index in [9.17, 15) is 0 Å². The van der Waals surface area contributed by atoms with Crippen LogP contribution in [0.4, 0.5) is 0 Å². The minimum absolute atomic E-state index is 0.291. The Kier molecular flexibility index (Phi) is 3.77. The summed E-state index contributed by atoms with van der Waals surface area (Å²) in [7, 11) is 0. The van der Waals surface area contributed by atoms with E-state index >= 15 is 0 Å². The number of aromatic nitrogens is 2. The van der Waals surface area contributed by atoms with Gasteiger partial charge in [-0.15, -0.1) is 0 Å². The average molecular weight is 263 g/mol. The highest BCUT2D eigenvalue weighted by Crippen LogP contribution is 2.33. The normalized spacial score (nSPS) is 28.7. The van der Waals surface area contributed by atoms with E-state index in [4.69, 9.17) is 14.5 Å². The van der Waals surface area contributed by atoms with Crippen LogP contribution in [0.15, 0.2) is 12.3 Å². The van der Waals surface area contributed by atoms with Crippen LogP contribution >= 0.6 is 0 Å². The predicted octanol–water partition coefficient (Wildman–Crippen LogP) is 1.33. The summed E-state index contributed by atoms with van der Waals surface area (Å²) in [6.45, 7) is 7.37. The highest BCUT2D eigenvalue weighted by atomic mass is 16.5. The molecule has 1 aromatic rings. The van der Waals surface area contributed by atoms with Gasteiger partial charge in [0.25, 0.3) is 0 Å².